The highest BCUT2D eigenvalue weighted by Crippen LogP contribution is 2.21. The summed E-state index contributed by atoms with van der Waals surface area (Å²) < 4.78 is 0.774. The van der Waals surface area contributed by atoms with Crippen LogP contribution in [0.2, 0.25) is 0 Å². The number of nitrogens with one attached hydrogen (secondary N) is 1. The van der Waals surface area contributed by atoms with Gasteiger partial charge in [-0.3, -0.25) is 4.79 Å². The Bertz CT molecular complexity index is 596. The van der Waals surface area contributed by atoms with Crippen molar-refractivity contribution in [1.29, 1.82) is 0 Å². The number of hydrogen-bond donors (Lipinski definition) is 2. The summed E-state index contributed by atoms with van der Waals surface area (Å²) in [6, 6.07) is 12.7. The molecule has 2 aromatic carbocycles. The van der Waals surface area contributed by atoms with Crippen LogP contribution in [0.5, 0.6) is 0 Å². The number of aryl methyl sites for hydroxylation is 1. The second-order valence-electron chi connectivity index (χ2n) is 4.01. The molecule has 0 saturated carbocycles. The Kier molecular flexibility index (Phi) is 3.67. The fourth-order valence-electron chi connectivity index (χ4n) is 1.66. The number of halogens is 1. The molecule has 0 spiro atoms. The Balaban J connectivity index is 2.24. The van der Waals surface area contributed by atoms with E-state index in [4.69, 9.17) is 5.73 Å². The van der Waals surface area contributed by atoms with Gasteiger partial charge >= 0.3 is 0 Å². The first-order chi connectivity index (χ1) is 8.58. The van der Waals surface area contributed by atoms with Crippen molar-refractivity contribution in [3.8, 4) is 0 Å². The van der Waals surface area contributed by atoms with E-state index in [1.165, 1.54) is 0 Å². The third kappa shape index (κ3) is 2.71. The molecule has 0 aromatic heterocycles. The monoisotopic (exact) mass is 304 g/mol. The van der Waals surface area contributed by atoms with Crippen LogP contribution in [0.25, 0.3) is 0 Å². The lowest BCUT2D eigenvalue weighted by atomic mass is 10.1. The van der Waals surface area contributed by atoms with Gasteiger partial charge in [0.25, 0.3) is 5.91 Å². The Morgan fingerprint density at radius 1 is 1.22 bits per heavy atom. The van der Waals surface area contributed by atoms with Gasteiger partial charge in [-0.05, 0) is 58.7 Å². The van der Waals surface area contributed by atoms with Crippen LogP contribution < -0.4 is 11.1 Å². The Labute approximate surface area is 114 Å². The van der Waals surface area contributed by atoms with Crippen molar-refractivity contribution in [1.82, 2.24) is 0 Å². The van der Waals surface area contributed by atoms with Crippen LogP contribution in [0, 0.1) is 6.92 Å². The highest BCUT2D eigenvalue weighted by molar-refractivity contribution is 9.10. The molecule has 18 heavy (non-hydrogen) atoms. The molecule has 0 fully saturated rings. The molecule has 4 heteroatoms. The molecule has 3 nitrogen and oxygen atoms in total. The van der Waals surface area contributed by atoms with Crippen molar-refractivity contribution in [3.05, 3.63) is 58.1 Å². The van der Waals surface area contributed by atoms with Crippen LogP contribution in [0.15, 0.2) is 46.9 Å². The first-order valence-corrected chi connectivity index (χ1v) is 6.29. The molecule has 0 saturated heterocycles. The van der Waals surface area contributed by atoms with E-state index in [1.807, 2.05) is 31.2 Å². The maximum absolute atomic E-state index is 12.1. The lowest BCUT2D eigenvalue weighted by Crippen LogP contribution is -2.13. The Morgan fingerprint density at radius 2 is 1.94 bits per heavy atom. The maximum Gasteiger partial charge on any atom is 0.256 e. The fraction of sp³-hybridized carbons (Fsp3) is 0.0714. The van der Waals surface area contributed by atoms with E-state index < -0.39 is 0 Å². The van der Waals surface area contributed by atoms with Crippen LogP contribution in [-0.4, -0.2) is 5.91 Å². The summed E-state index contributed by atoms with van der Waals surface area (Å²) in [6.07, 6.45) is 0. The van der Waals surface area contributed by atoms with Crippen LogP contribution in [-0.2, 0) is 0 Å². The van der Waals surface area contributed by atoms with Crippen molar-refractivity contribution >= 4 is 33.2 Å². The standard InChI is InChI=1S/C14H13BrN2O/c1-9-8-10(16)6-7-13(9)17-14(18)11-4-2-3-5-12(11)15/h2-8H,16H2,1H3,(H,17,18). The Hall–Kier alpha value is -1.81. The van der Waals surface area contributed by atoms with Gasteiger partial charge in [-0.15, -0.1) is 0 Å². The average Bonchev–Trinajstić information content (AvgIpc) is 2.33. The van der Waals surface area contributed by atoms with E-state index in [0.717, 1.165) is 15.7 Å². The first-order valence-electron chi connectivity index (χ1n) is 5.50. The molecule has 0 bridgehead atoms. The van der Waals surface area contributed by atoms with Crippen molar-refractivity contribution in [2.45, 2.75) is 6.92 Å². The second-order valence-corrected chi connectivity index (χ2v) is 4.86. The van der Waals surface area contributed by atoms with E-state index in [1.54, 1.807) is 18.2 Å². The van der Waals surface area contributed by atoms with E-state index in [2.05, 4.69) is 21.2 Å². The number of benzene rings is 2. The molecule has 1 amide bonds. The minimum atomic E-state index is -0.143. The molecule has 0 aliphatic rings. The summed E-state index contributed by atoms with van der Waals surface area (Å²) in [7, 11) is 0. The predicted molar refractivity (Wildman–Crippen MR) is 77.7 cm³/mol. The maximum atomic E-state index is 12.1. The molecule has 0 aliphatic heterocycles. The average molecular weight is 305 g/mol. The molecular formula is C14H13BrN2O. The molecule has 0 unspecified atom stereocenters. The summed E-state index contributed by atoms with van der Waals surface area (Å²) in [6.45, 7) is 1.91. The zero-order valence-corrected chi connectivity index (χ0v) is 11.5. The lowest BCUT2D eigenvalue weighted by molar-refractivity contribution is 0.102. The number of nitrogens with two attached hydrogens (primary N) is 1. The third-order valence-electron chi connectivity index (χ3n) is 2.62. The molecule has 0 aliphatic carbocycles. The van der Waals surface area contributed by atoms with Crippen molar-refractivity contribution < 1.29 is 4.79 Å². The minimum Gasteiger partial charge on any atom is -0.399 e. The normalized spacial score (nSPS) is 10.1. The van der Waals surface area contributed by atoms with E-state index in [-0.39, 0.29) is 5.91 Å². The highest BCUT2D eigenvalue weighted by Gasteiger charge is 2.10. The summed E-state index contributed by atoms with van der Waals surface area (Å²) in [5, 5.41) is 2.87. The molecule has 0 atom stereocenters. The van der Waals surface area contributed by atoms with Gasteiger partial charge in [0.15, 0.2) is 0 Å². The van der Waals surface area contributed by atoms with E-state index >= 15 is 0 Å². The summed E-state index contributed by atoms with van der Waals surface area (Å²) in [5.74, 6) is -0.143. The molecule has 2 rings (SSSR count). The molecule has 92 valence electrons. The number of hydrogen-bond acceptors (Lipinski definition) is 2. The van der Waals surface area contributed by atoms with E-state index in [9.17, 15) is 4.79 Å². The number of nitrogen functional groups attached to an aromatic ring is 1. The Morgan fingerprint density at radius 3 is 2.61 bits per heavy atom. The number of carbonyl (C=O) groups excluding carboxylic acids is 1. The van der Waals surface area contributed by atoms with Crippen LogP contribution in [0.1, 0.15) is 15.9 Å². The van der Waals surface area contributed by atoms with Crippen molar-refractivity contribution in [2.75, 3.05) is 11.1 Å². The zero-order valence-electron chi connectivity index (χ0n) is 9.91. The molecule has 0 heterocycles. The fourth-order valence-corrected chi connectivity index (χ4v) is 2.13. The van der Waals surface area contributed by atoms with Crippen LogP contribution >= 0.6 is 15.9 Å². The van der Waals surface area contributed by atoms with Gasteiger partial charge in [-0.25, -0.2) is 0 Å². The van der Waals surface area contributed by atoms with Crippen molar-refractivity contribution in [3.63, 3.8) is 0 Å². The van der Waals surface area contributed by atoms with Crippen LogP contribution in [0.4, 0.5) is 11.4 Å². The zero-order chi connectivity index (χ0) is 13.1. The largest absolute Gasteiger partial charge is 0.399 e. The minimum absolute atomic E-state index is 0.143. The van der Waals surface area contributed by atoms with Crippen LogP contribution in [0.3, 0.4) is 0 Å². The van der Waals surface area contributed by atoms with Gasteiger partial charge in [-0.2, -0.15) is 0 Å². The molecule has 2 aromatic rings. The van der Waals surface area contributed by atoms with Gasteiger partial charge in [-0.1, -0.05) is 12.1 Å². The molecular weight excluding hydrogens is 292 g/mol. The summed E-state index contributed by atoms with van der Waals surface area (Å²) >= 11 is 3.36. The topological polar surface area (TPSA) is 55.1 Å². The third-order valence-corrected chi connectivity index (χ3v) is 3.31. The van der Waals surface area contributed by atoms with E-state index in [0.29, 0.717) is 11.3 Å². The quantitative estimate of drug-likeness (QED) is 0.833. The highest BCUT2D eigenvalue weighted by atomic mass is 79.9. The number of anilines is 2. The SMILES string of the molecule is Cc1cc(N)ccc1NC(=O)c1ccccc1Br. The number of carbonyl (C=O) groups is 1. The van der Waals surface area contributed by atoms with Crippen molar-refractivity contribution in [2.24, 2.45) is 0 Å². The first kappa shape index (κ1) is 12.6. The number of amides is 1. The van der Waals surface area contributed by atoms with Gasteiger partial charge in [0.1, 0.15) is 0 Å². The van der Waals surface area contributed by atoms with Gasteiger partial charge < -0.3 is 11.1 Å². The smallest absolute Gasteiger partial charge is 0.256 e. The predicted octanol–water partition coefficient (Wildman–Crippen LogP) is 3.59. The summed E-state index contributed by atoms with van der Waals surface area (Å²) in [5.41, 5.74) is 8.67. The van der Waals surface area contributed by atoms with Gasteiger partial charge in [0.2, 0.25) is 0 Å². The van der Waals surface area contributed by atoms with Gasteiger partial charge in [0.05, 0.1) is 5.56 Å². The second kappa shape index (κ2) is 5.23. The molecule has 3 N–H and O–H groups in total. The lowest BCUT2D eigenvalue weighted by Gasteiger charge is -2.10. The van der Waals surface area contributed by atoms with Gasteiger partial charge in [0, 0.05) is 15.8 Å². The number of rotatable bonds is 2. The summed E-state index contributed by atoms with van der Waals surface area (Å²) in [4.78, 5) is 12.1. The molecule has 0 radical (unpaired) electrons.